The average Bonchev–Trinajstić information content (AvgIpc) is 2.72. The van der Waals surface area contributed by atoms with Crippen LogP contribution in [0.1, 0.15) is 31.9 Å². The van der Waals surface area contributed by atoms with Gasteiger partial charge in [-0.3, -0.25) is 0 Å². The molecule has 1 N–H and O–H groups in total. The minimum absolute atomic E-state index is 0.0290. The Kier molecular flexibility index (Phi) is 6.34. The number of rotatable bonds is 8. The van der Waals surface area contributed by atoms with Crippen LogP contribution in [0.3, 0.4) is 0 Å². The molecule has 0 atom stereocenters. The molecule has 8 heteroatoms. The molecule has 0 saturated heterocycles. The van der Waals surface area contributed by atoms with Gasteiger partial charge in [0.1, 0.15) is 10.7 Å². The lowest BCUT2D eigenvalue weighted by atomic mass is 10.3. The van der Waals surface area contributed by atoms with Gasteiger partial charge < -0.3 is 10.1 Å². The zero-order valence-corrected chi connectivity index (χ0v) is 10.9. The second kappa shape index (κ2) is 7.52. The van der Waals surface area contributed by atoms with Crippen molar-refractivity contribution in [1.82, 2.24) is 9.59 Å². The lowest BCUT2D eigenvalue weighted by molar-refractivity contribution is -0.138. The Bertz CT molecular complexity index is 343. The number of hydrogen-bond donors (Lipinski definition) is 1. The average molecular weight is 283 g/mol. The van der Waals surface area contributed by atoms with Crippen LogP contribution >= 0.6 is 11.5 Å². The molecule has 0 unspecified atom stereocenters. The van der Waals surface area contributed by atoms with Gasteiger partial charge in [-0.15, -0.1) is 5.10 Å². The van der Waals surface area contributed by atoms with E-state index in [2.05, 4.69) is 14.9 Å². The number of anilines is 1. The van der Waals surface area contributed by atoms with Gasteiger partial charge in [-0.05, 0) is 12.8 Å². The number of hydrogen-bond acceptors (Lipinski definition) is 5. The summed E-state index contributed by atoms with van der Waals surface area (Å²) in [6.45, 7) is 3.12. The van der Waals surface area contributed by atoms with E-state index >= 15 is 0 Å². The molecular formula is C10H16F3N3OS. The van der Waals surface area contributed by atoms with Crippen molar-refractivity contribution < 1.29 is 17.9 Å². The Morgan fingerprint density at radius 3 is 2.83 bits per heavy atom. The Balaban J connectivity index is 2.21. The van der Waals surface area contributed by atoms with Crippen molar-refractivity contribution in [3.05, 3.63) is 5.69 Å². The van der Waals surface area contributed by atoms with E-state index in [1.807, 2.05) is 6.92 Å². The van der Waals surface area contributed by atoms with Gasteiger partial charge in [0.25, 0.3) is 0 Å². The number of aromatic nitrogens is 2. The predicted octanol–water partition coefficient (Wildman–Crippen LogP) is 3.22. The van der Waals surface area contributed by atoms with Crippen LogP contribution < -0.4 is 5.32 Å². The van der Waals surface area contributed by atoms with Crippen LogP contribution in [0.25, 0.3) is 0 Å². The lowest BCUT2D eigenvalue weighted by Crippen LogP contribution is -2.09. The van der Waals surface area contributed by atoms with Crippen LogP contribution in [0.5, 0.6) is 0 Å². The Hall–Kier alpha value is -0.890. The van der Waals surface area contributed by atoms with Crippen molar-refractivity contribution in [2.45, 2.75) is 39.0 Å². The Labute approximate surface area is 108 Å². The molecule has 0 aromatic carbocycles. The maximum absolute atomic E-state index is 11.9. The van der Waals surface area contributed by atoms with E-state index in [9.17, 15) is 13.2 Å². The molecular weight excluding hydrogens is 267 g/mol. The van der Waals surface area contributed by atoms with Crippen molar-refractivity contribution in [3.63, 3.8) is 0 Å². The third-order valence-electron chi connectivity index (χ3n) is 2.08. The molecule has 0 saturated carbocycles. The highest BCUT2D eigenvalue weighted by molar-refractivity contribution is 7.10. The lowest BCUT2D eigenvalue weighted by Gasteiger charge is -2.07. The molecule has 1 aromatic rings. The summed E-state index contributed by atoms with van der Waals surface area (Å²) in [7, 11) is 0. The van der Waals surface area contributed by atoms with E-state index in [0.29, 0.717) is 5.69 Å². The fourth-order valence-corrected chi connectivity index (χ4v) is 1.81. The van der Waals surface area contributed by atoms with E-state index in [1.54, 1.807) is 0 Å². The van der Waals surface area contributed by atoms with E-state index in [4.69, 9.17) is 4.74 Å². The molecule has 0 aliphatic rings. The molecule has 0 fully saturated rings. The molecule has 0 aliphatic carbocycles. The summed E-state index contributed by atoms with van der Waals surface area (Å²) in [5.41, 5.74) is 0.653. The Morgan fingerprint density at radius 2 is 2.17 bits per heavy atom. The summed E-state index contributed by atoms with van der Waals surface area (Å²) in [5.74, 6) is 0. The summed E-state index contributed by atoms with van der Waals surface area (Å²) >= 11 is 1.23. The van der Waals surface area contributed by atoms with Crippen molar-refractivity contribution in [3.8, 4) is 0 Å². The van der Waals surface area contributed by atoms with Gasteiger partial charge in [0.05, 0.1) is 6.61 Å². The molecule has 1 rings (SSSR count). The normalized spacial score (nSPS) is 11.8. The van der Waals surface area contributed by atoms with E-state index in [-0.39, 0.29) is 19.6 Å². The Morgan fingerprint density at radius 1 is 1.39 bits per heavy atom. The first-order chi connectivity index (χ1) is 8.53. The third kappa shape index (κ3) is 6.15. The number of alkyl halides is 3. The van der Waals surface area contributed by atoms with E-state index in [1.165, 1.54) is 11.5 Å². The number of halogens is 3. The van der Waals surface area contributed by atoms with Crippen molar-refractivity contribution in [1.29, 1.82) is 0 Å². The maximum Gasteiger partial charge on any atom is 0.389 e. The van der Waals surface area contributed by atoms with Gasteiger partial charge in [-0.1, -0.05) is 11.4 Å². The molecule has 18 heavy (non-hydrogen) atoms. The van der Waals surface area contributed by atoms with Gasteiger partial charge in [0, 0.05) is 31.1 Å². The van der Waals surface area contributed by atoms with E-state index < -0.39 is 12.6 Å². The second-order valence-electron chi connectivity index (χ2n) is 3.75. The topological polar surface area (TPSA) is 47.0 Å². The highest BCUT2D eigenvalue weighted by atomic mass is 32.1. The largest absolute Gasteiger partial charge is 0.389 e. The van der Waals surface area contributed by atoms with Crippen LogP contribution in [0, 0.1) is 0 Å². The maximum atomic E-state index is 11.9. The summed E-state index contributed by atoms with van der Waals surface area (Å²) < 4.78 is 44.6. The zero-order chi connectivity index (χ0) is 13.4. The zero-order valence-electron chi connectivity index (χ0n) is 10.1. The van der Waals surface area contributed by atoms with Gasteiger partial charge in [-0.25, -0.2) is 0 Å². The van der Waals surface area contributed by atoms with Gasteiger partial charge in [0.15, 0.2) is 0 Å². The van der Waals surface area contributed by atoms with Crippen LogP contribution in [-0.4, -0.2) is 28.9 Å². The first-order valence-electron chi connectivity index (χ1n) is 5.72. The summed E-state index contributed by atoms with van der Waals surface area (Å²) in [5, 5.41) is 7.84. The van der Waals surface area contributed by atoms with Crippen LogP contribution in [0.2, 0.25) is 0 Å². The second-order valence-corrected chi connectivity index (χ2v) is 4.50. The molecule has 0 bridgehead atoms. The first kappa shape index (κ1) is 15.2. The minimum Gasteiger partial charge on any atom is -0.375 e. The number of nitrogens with zero attached hydrogens (tertiary/aromatic N) is 2. The molecule has 0 radical (unpaired) electrons. The smallest absolute Gasteiger partial charge is 0.375 e. The monoisotopic (exact) mass is 283 g/mol. The molecule has 0 aliphatic heterocycles. The molecule has 104 valence electrons. The third-order valence-corrected chi connectivity index (χ3v) is 2.80. The highest BCUT2D eigenvalue weighted by Crippen LogP contribution is 2.22. The van der Waals surface area contributed by atoms with Crippen molar-refractivity contribution in [2.75, 3.05) is 18.5 Å². The summed E-state index contributed by atoms with van der Waals surface area (Å²) in [4.78, 5) is 0. The van der Waals surface area contributed by atoms with Crippen LogP contribution in [0.15, 0.2) is 0 Å². The van der Waals surface area contributed by atoms with Crippen molar-refractivity contribution in [2.24, 2.45) is 0 Å². The van der Waals surface area contributed by atoms with Crippen LogP contribution in [0.4, 0.5) is 18.2 Å². The number of nitrogens with one attached hydrogen (secondary N) is 1. The van der Waals surface area contributed by atoms with Crippen LogP contribution in [-0.2, 0) is 11.3 Å². The minimum atomic E-state index is -4.11. The van der Waals surface area contributed by atoms with Gasteiger partial charge >= 0.3 is 6.18 Å². The molecule has 1 aromatic heterocycles. The fourth-order valence-electron chi connectivity index (χ4n) is 1.22. The highest BCUT2D eigenvalue weighted by Gasteiger charge is 2.25. The first-order valence-corrected chi connectivity index (χ1v) is 6.50. The fraction of sp³-hybridized carbons (Fsp3) is 0.800. The quantitative estimate of drug-likeness (QED) is 0.744. The van der Waals surface area contributed by atoms with Gasteiger partial charge in [0.2, 0.25) is 0 Å². The molecule has 1 heterocycles. The summed E-state index contributed by atoms with van der Waals surface area (Å²) in [6.07, 6.45) is -3.98. The van der Waals surface area contributed by atoms with Gasteiger partial charge in [-0.2, -0.15) is 13.2 Å². The molecule has 4 nitrogen and oxygen atoms in total. The standard InChI is InChI=1S/C10H16F3N3OS/c1-2-5-14-9-8(15-16-18-9)7-17-6-3-4-10(11,12)13/h14H,2-7H2,1H3. The molecule has 0 amide bonds. The summed E-state index contributed by atoms with van der Waals surface area (Å²) in [6, 6.07) is 0. The number of ether oxygens (including phenoxy) is 1. The van der Waals surface area contributed by atoms with Crippen molar-refractivity contribution >= 4 is 16.5 Å². The SMILES string of the molecule is CCCNc1snnc1COCCCC(F)(F)F. The molecule has 0 spiro atoms. The van der Waals surface area contributed by atoms with E-state index in [0.717, 1.165) is 18.0 Å². The predicted molar refractivity (Wildman–Crippen MR) is 63.6 cm³/mol.